The van der Waals surface area contributed by atoms with E-state index in [4.69, 9.17) is 10.8 Å². The Morgan fingerprint density at radius 2 is 1.02 bits per heavy atom. The summed E-state index contributed by atoms with van der Waals surface area (Å²) in [5.74, 6) is 0.391. The molecule has 0 aliphatic rings. The van der Waals surface area contributed by atoms with Crippen LogP contribution in [0.2, 0.25) is 0 Å². The normalized spacial score (nSPS) is 10.9. The van der Waals surface area contributed by atoms with Gasteiger partial charge in [-0.1, -0.05) is 106 Å². The molecule has 0 saturated carbocycles. The number of anilines is 1. The van der Waals surface area contributed by atoms with Crippen LogP contribution in [0, 0.1) is 30.9 Å². The lowest BCUT2D eigenvalue weighted by Crippen LogP contribution is -2.11. The van der Waals surface area contributed by atoms with E-state index in [0.717, 1.165) is 22.4 Å². The van der Waals surface area contributed by atoms with Gasteiger partial charge < -0.3 is 15.9 Å². The Balaban J connectivity index is 0. The molecule has 0 unspecified atom stereocenters. The van der Waals surface area contributed by atoms with E-state index in [0.29, 0.717) is 11.3 Å². The van der Waals surface area contributed by atoms with Crippen LogP contribution >= 0.6 is 0 Å². The van der Waals surface area contributed by atoms with Gasteiger partial charge in [0.05, 0.1) is 4.92 Å². The third-order valence-corrected chi connectivity index (χ3v) is 6.49. The fourth-order valence-corrected chi connectivity index (χ4v) is 3.46. The molecule has 3 aromatic rings. The van der Waals surface area contributed by atoms with Gasteiger partial charge in [-0.2, -0.15) is 0 Å². The summed E-state index contributed by atoms with van der Waals surface area (Å²) in [4.78, 5) is 10.4. The van der Waals surface area contributed by atoms with Crippen molar-refractivity contribution in [3.05, 3.63) is 98.1 Å². The Kier molecular flexibility index (Phi) is 16.4. The lowest BCUT2D eigenvalue weighted by Gasteiger charge is -2.19. The van der Waals surface area contributed by atoms with Gasteiger partial charge in [-0.15, -0.1) is 0 Å². The second-order valence-electron chi connectivity index (χ2n) is 13.4. The van der Waals surface area contributed by atoms with E-state index in [1.54, 1.807) is 26.0 Å². The molecule has 0 saturated heterocycles. The first-order chi connectivity index (χ1) is 18.6. The van der Waals surface area contributed by atoms with Crippen LogP contribution in [0.25, 0.3) is 0 Å². The predicted molar refractivity (Wildman–Crippen MR) is 182 cm³/mol. The minimum absolute atomic E-state index is 0. The second kappa shape index (κ2) is 16.9. The van der Waals surface area contributed by atoms with Crippen LogP contribution in [-0.2, 0) is 16.2 Å². The SMILES string of the molecule is C.CCO.Cc1ccc(C(C)(C)C)cc1N.Cc1ccc(C(C)(C)C)cc1O.Cc1ccc(C(C)(C)C)cc1[N+](=O)[O-]. The summed E-state index contributed by atoms with van der Waals surface area (Å²) in [6.07, 6.45) is 0. The molecule has 3 rings (SSSR count). The number of nitrogen functional groups attached to an aromatic ring is 1. The smallest absolute Gasteiger partial charge is 0.272 e. The van der Waals surface area contributed by atoms with Crippen LogP contribution in [0.15, 0.2) is 54.6 Å². The summed E-state index contributed by atoms with van der Waals surface area (Å²) in [6.45, 7) is 26.7. The zero-order valence-corrected chi connectivity index (χ0v) is 27.6. The number of rotatable bonds is 1. The molecule has 6 nitrogen and oxygen atoms in total. The first-order valence-electron chi connectivity index (χ1n) is 14.1. The maximum atomic E-state index is 10.7. The Morgan fingerprint density at radius 1 is 0.690 bits per heavy atom. The highest BCUT2D eigenvalue weighted by Gasteiger charge is 2.19. The molecule has 0 radical (unpaired) electrons. The number of aromatic hydroxyl groups is 1. The number of phenolic OH excluding ortho intramolecular Hbond substituents is 1. The number of benzene rings is 3. The summed E-state index contributed by atoms with van der Waals surface area (Å²) >= 11 is 0. The van der Waals surface area contributed by atoms with Gasteiger partial charge >= 0.3 is 0 Å². The molecule has 0 atom stereocenters. The van der Waals surface area contributed by atoms with Gasteiger partial charge in [0.2, 0.25) is 0 Å². The van der Waals surface area contributed by atoms with E-state index in [-0.39, 0.29) is 40.9 Å². The average molecular weight is 583 g/mol. The number of hydrogen-bond acceptors (Lipinski definition) is 5. The van der Waals surface area contributed by atoms with Crippen molar-refractivity contribution in [2.45, 2.75) is 114 Å². The first kappa shape index (κ1) is 40.8. The molecule has 0 spiro atoms. The molecular formula is C36H58N2O4. The fourth-order valence-electron chi connectivity index (χ4n) is 3.46. The average Bonchev–Trinajstić information content (AvgIpc) is 2.82. The van der Waals surface area contributed by atoms with E-state index < -0.39 is 0 Å². The summed E-state index contributed by atoms with van der Waals surface area (Å²) in [5.41, 5.74) is 13.4. The highest BCUT2D eigenvalue weighted by Crippen LogP contribution is 2.29. The van der Waals surface area contributed by atoms with Gasteiger partial charge in [-0.25, -0.2) is 0 Å². The quantitative estimate of drug-likeness (QED) is 0.150. The summed E-state index contributed by atoms with van der Waals surface area (Å²) in [6, 6.07) is 17.6. The Bertz CT molecular complexity index is 1200. The van der Waals surface area contributed by atoms with Crippen molar-refractivity contribution in [1.29, 1.82) is 0 Å². The molecule has 4 N–H and O–H groups in total. The van der Waals surface area contributed by atoms with Crippen molar-refractivity contribution >= 4 is 11.4 Å². The topological polar surface area (TPSA) is 110 Å². The molecule has 0 aromatic heterocycles. The largest absolute Gasteiger partial charge is 0.508 e. The minimum atomic E-state index is -0.329. The van der Waals surface area contributed by atoms with Gasteiger partial charge in [0, 0.05) is 23.9 Å². The highest BCUT2D eigenvalue weighted by atomic mass is 16.6. The number of aliphatic hydroxyl groups excluding tert-OH is 1. The Labute approximate surface area is 256 Å². The van der Waals surface area contributed by atoms with E-state index in [1.807, 2.05) is 52.8 Å². The molecule has 0 bridgehead atoms. The van der Waals surface area contributed by atoms with Crippen LogP contribution in [0.1, 0.15) is 110 Å². The van der Waals surface area contributed by atoms with Crippen LogP contribution in [-0.4, -0.2) is 21.7 Å². The summed E-state index contributed by atoms with van der Waals surface area (Å²) in [5, 5.41) is 27.7. The number of phenols is 1. The number of nitro benzene ring substituents is 1. The van der Waals surface area contributed by atoms with Gasteiger partial charge in [-0.05, 0) is 83.9 Å². The van der Waals surface area contributed by atoms with Crippen LogP contribution in [0.5, 0.6) is 5.75 Å². The maximum Gasteiger partial charge on any atom is 0.272 e. The van der Waals surface area contributed by atoms with Crippen molar-refractivity contribution in [1.82, 2.24) is 0 Å². The molecule has 0 fully saturated rings. The van der Waals surface area contributed by atoms with Crippen molar-refractivity contribution < 1.29 is 15.1 Å². The molecule has 0 heterocycles. The fraction of sp³-hybridized carbons (Fsp3) is 0.500. The first-order valence-corrected chi connectivity index (χ1v) is 14.1. The summed E-state index contributed by atoms with van der Waals surface area (Å²) in [7, 11) is 0. The number of nitro groups is 1. The van der Waals surface area contributed by atoms with E-state index in [1.165, 1.54) is 11.1 Å². The van der Waals surface area contributed by atoms with Gasteiger partial charge in [0.15, 0.2) is 0 Å². The molecule has 0 aliphatic heterocycles. The zero-order chi connectivity index (χ0) is 32.3. The number of hydrogen-bond donors (Lipinski definition) is 3. The van der Waals surface area contributed by atoms with Crippen LogP contribution in [0.3, 0.4) is 0 Å². The number of nitrogens with two attached hydrogens (primary N) is 1. The molecule has 236 valence electrons. The third kappa shape index (κ3) is 14.0. The zero-order valence-electron chi connectivity index (χ0n) is 27.6. The van der Waals surface area contributed by atoms with Crippen molar-refractivity contribution in [3.63, 3.8) is 0 Å². The van der Waals surface area contributed by atoms with Crippen molar-refractivity contribution in [2.75, 3.05) is 12.3 Å². The number of aliphatic hydroxyl groups is 1. The summed E-state index contributed by atoms with van der Waals surface area (Å²) < 4.78 is 0. The molecule has 0 aliphatic carbocycles. The molecular weight excluding hydrogens is 524 g/mol. The lowest BCUT2D eigenvalue weighted by molar-refractivity contribution is -0.385. The van der Waals surface area contributed by atoms with Crippen LogP contribution < -0.4 is 5.73 Å². The Morgan fingerprint density at radius 3 is 1.36 bits per heavy atom. The minimum Gasteiger partial charge on any atom is -0.508 e. The monoisotopic (exact) mass is 582 g/mol. The standard InChI is InChI=1S/C11H15NO2.C11H17N.C11H16O.C2H6O.CH4/c1-8-5-6-9(11(2,3)4)7-10(8)12(13)14;2*1-8-5-6-9(7-10(8)12)11(2,3)4;1-2-3;/h5-7H,1-4H3;5-7H,12H2,1-4H3;5-7,12H,1-4H3;3H,2H2,1H3;1H4. The van der Waals surface area contributed by atoms with Crippen molar-refractivity contribution in [3.8, 4) is 5.75 Å². The van der Waals surface area contributed by atoms with E-state index >= 15 is 0 Å². The number of aryl methyl sites for hydroxylation is 3. The highest BCUT2D eigenvalue weighted by molar-refractivity contribution is 5.49. The van der Waals surface area contributed by atoms with Crippen LogP contribution in [0.4, 0.5) is 11.4 Å². The maximum absolute atomic E-state index is 10.7. The third-order valence-electron chi connectivity index (χ3n) is 6.49. The second-order valence-corrected chi connectivity index (χ2v) is 13.4. The predicted octanol–water partition coefficient (Wildman–Crippen LogP) is 9.71. The van der Waals surface area contributed by atoms with Crippen molar-refractivity contribution in [2.24, 2.45) is 0 Å². The van der Waals surface area contributed by atoms with E-state index in [9.17, 15) is 15.2 Å². The van der Waals surface area contributed by atoms with Gasteiger partial charge in [0.1, 0.15) is 5.75 Å². The molecule has 42 heavy (non-hydrogen) atoms. The Hall–Kier alpha value is -3.38. The molecule has 0 amide bonds. The number of nitrogens with zero attached hydrogens (tertiary/aromatic N) is 1. The lowest BCUT2D eigenvalue weighted by atomic mass is 9.86. The van der Waals surface area contributed by atoms with E-state index in [2.05, 4.69) is 65.8 Å². The van der Waals surface area contributed by atoms with Gasteiger partial charge in [-0.3, -0.25) is 10.1 Å². The molecule has 6 heteroatoms. The van der Waals surface area contributed by atoms with Gasteiger partial charge in [0.25, 0.3) is 5.69 Å². The molecule has 3 aromatic carbocycles.